The van der Waals surface area contributed by atoms with Crippen LogP contribution >= 0.6 is 0 Å². The van der Waals surface area contributed by atoms with E-state index in [4.69, 9.17) is 8.94 Å². The summed E-state index contributed by atoms with van der Waals surface area (Å²) in [4.78, 5) is 4.33. The smallest absolute Gasteiger partial charge is 0.258 e. The van der Waals surface area contributed by atoms with Crippen LogP contribution in [0.3, 0.4) is 0 Å². The van der Waals surface area contributed by atoms with Crippen LogP contribution in [0.2, 0.25) is 0 Å². The molecule has 6 nitrogen and oxygen atoms in total. The maximum atomic E-state index is 5.82. The Morgan fingerprint density at radius 3 is 2.71 bits per heavy atom. The summed E-state index contributed by atoms with van der Waals surface area (Å²) in [5.74, 6) is 2.23. The van der Waals surface area contributed by atoms with Crippen molar-refractivity contribution >= 4 is 11.1 Å². The molecule has 118 valence electrons. The van der Waals surface area contributed by atoms with E-state index in [1.54, 1.807) is 6.20 Å². The molecule has 2 atom stereocenters. The molecule has 0 amide bonds. The highest BCUT2D eigenvalue weighted by Crippen LogP contribution is 2.46. The van der Waals surface area contributed by atoms with Crippen LogP contribution in [-0.4, -0.2) is 20.3 Å². The largest absolute Gasteiger partial charge is 0.420 e. The predicted octanol–water partition coefficient (Wildman–Crippen LogP) is 4.06. The quantitative estimate of drug-likeness (QED) is 0.567. The third kappa shape index (κ3) is 2.11. The molecule has 24 heavy (non-hydrogen) atoms. The number of fused-ring (bicyclic) bond motifs is 1. The van der Waals surface area contributed by atoms with Gasteiger partial charge in [0.15, 0.2) is 0 Å². The number of hydrogen-bond acceptors (Lipinski definition) is 6. The molecule has 3 aromatic heterocycles. The zero-order valence-corrected chi connectivity index (χ0v) is 13.0. The minimum Gasteiger partial charge on any atom is -0.420 e. The van der Waals surface area contributed by atoms with Crippen molar-refractivity contribution in [1.29, 1.82) is 0 Å². The number of pyridine rings is 1. The molecule has 3 heterocycles. The van der Waals surface area contributed by atoms with Gasteiger partial charge in [0.2, 0.25) is 11.8 Å². The number of rotatable bonds is 3. The van der Waals surface area contributed by atoms with Gasteiger partial charge in [-0.1, -0.05) is 42.4 Å². The van der Waals surface area contributed by atoms with Crippen molar-refractivity contribution < 1.29 is 8.94 Å². The minimum absolute atomic E-state index is 0.401. The Kier molecular flexibility index (Phi) is 2.79. The highest BCUT2D eigenvalue weighted by atomic mass is 16.5. The van der Waals surface area contributed by atoms with Gasteiger partial charge in [-0.05, 0) is 18.4 Å². The van der Waals surface area contributed by atoms with E-state index < -0.39 is 0 Å². The summed E-state index contributed by atoms with van der Waals surface area (Å²) in [6.45, 7) is 2.19. The minimum atomic E-state index is 0.401. The van der Waals surface area contributed by atoms with Gasteiger partial charge >= 0.3 is 0 Å². The molecular weight excluding hydrogens is 304 g/mol. The fourth-order valence-corrected chi connectivity index (χ4v) is 2.92. The van der Waals surface area contributed by atoms with Crippen molar-refractivity contribution in [3.63, 3.8) is 0 Å². The van der Waals surface area contributed by atoms with Crippen LogP contribution in [0.15, 0.2) is 51.5 Å². The van der Waals surface area contributed by atoms with E-state index in [0.717, 1.165) is 28.6 Å². The summed E-state index contributed by atoms with van der Waals surface area (Å²) in [5.41, 5.74) is 3.01. The molecule has 1 saturated carbocycles. The van der Waals surface area contributed by atoms with Crippen LogP contribution < -0.4 is 0 Å². The van der Waals surface area contributed by atoms with Gasteiger partial charge in [0.1, 0.15) is 5.69 Å². The van der Waals surface area contributed by atoms with Crippen molar-refractivity contribution in [3.8, 4) is 22.7 Å². The van der Waals surface area contributed by atoms with E-state index in [1.165, 1.54) is 0 Å². The topological polar surface area (TPSA) is 77.8 Å². The van der Waals surface area contributed by atoms with E-state index >= 15 is 0 Å². The summed E-state index contributed by atoms with van der Waals surface area (Å²) < 4.78 is 11.2. The molecule has 1 aliphatic carbocycles. The fourth-order valence-electron chi connectivity index (χ4n) is 2.92. The Hall–Kier alpha value is -3.02. The van der Waals surface area contributed by atoms with Gasteiger partial charge in [0, 0.05) is 17.7 Å². The summed E-state index contributed by atoms with van der Waals surface area (Å²) in [7, 11) is 0. The first-order valence-electron chi connectivity index (χ1n) is 7.94. The van der Waals surface area contributed by atoms with Crippen molar-refractivity contribution in [2.24, 2.45) is 5.92 Å². The Balaban J connectivity index is 1.59. The van der Waals surface area contributed by atoms with Crippen LogP contribution in [-0.2, 0) is 0 Å². The molecule has 5 rings (SSSR count). The summed E-state index contributed by atoms with van der Waals surface area (Å²) >= 11 is 0. The van der Waals surface area contributed by atoms with Gasteiger partial charge in [-0.15, -0.1) is 10.2 Å². The van der Waals surface area contributed by atoms with E-state index in [0.29, 0.717) is 29.3 Å². The predicted molar refractivity (Wildman–Crippen MR) is 87.1 cm³/mol. The van der Waals surface area contributed by atoms with Gasteiger partial charge in [-0.25, -0.2) is 4.98 Å². The summed E-state index contributed by atoms with van der Waals surface area (Å²) in [6, 6.07) is 11.8. The molecule has 0 unspecified atom stereocenters. The van der Waals surface area contributed by atoms with Crippen LogP contribution in [0, 0.1) is 5.92 Å². The number of nitrogens with zero attached hydrogens (tertiary/aromatic N) is 4. The maximum Gasteiger partial charge on any atom is 0.258 e. The molecule has 0 saturated heterocycles. The van der Waals surface area contributed by atoms with Gasteiger partial charge in [-0.3, -0.25) is 0 Å². The van der Waals surface area contributed by atoms with Crippen molar-refractivity contribution in [3.05, 3.63) is 48.5 Å². The second-order valence-corrected chi connectivity index (χ2v) is 6.24. The van der Waals surface area contributed by atoms with Crippen molar-refractivity contribution in [2.75, 3.05) is 0 Å². The van der Waals surface area contributed by atoms with E-state index in [-0.39, 0.29) is 0 Å². The highest BCUT2D eigenvalue weighted by Gasteiger charge is 2.38. The number of aromatic nitrogens is 4. The monoisotopic (exact) mass is 318 g/mol. The molecule has 1 fully saturated rings. The Bertz CT molecular complexity index is 1020. The lowest BCUT2D eigenvalue weighted by Gasteiger charge is -1.97. The van der Waals surface area contributed by atoms with Crippen molar-refractivity contribution in [2.45, 2.75) is 19.3 Å². The van der Waals surface area contributed by atoms with Crippen LogP contribution in [0.5, 0.6) is 0 Å². The molecule has 4 aromatic rings. The molecule has 0 spiro atoms. The van der Waals surface area contributed by atoms with E-state index in [1.807, 2.05) is 36.4 Å². The molecule has 1 aromatic carbocycles. The highest BCUT2D eigenvalue weighted by molar-refractivity contribution is 5.91. The van der Waals surface area contributed by atoms with Gasteiger partial charge in [-0.2, -0.15) is 0 Å². The zero-order valence-electron chi connectivity index (χ0n) is 13.0. The third-order valence-electron chi connectivity index (χ3n) is 4.49. The first-order chi connectivity index (χ1) is 11.8. The average Bonchev–Trinajstić information content (AvgIpc) is 3.05. The average molecular weight is 318 g/mol. The van der Waals surface area contributed by atoms with Crippen molar-refractivity contribution in [1.82, 2.24) is 20.3 Å². The molecule has 0 N–H and O–H groups in total. The second kappa shape index (κ2) is 4.99. The van der Waals surface area contributed by atoms with Crippen LogP contribution in [0.1, 0.15) is 25.2 Å². The zero-order chi connectivity index (χ0) is 16.1. The Morgan fingerprint density at radius 1 is 1.08 bits per heavy atom. The lowest BCUT2D eigenvalue weighted by Crippen LogP contribution is -1.82. The molecule has 1 aliphatic rings. The normalized spacial score (nSPS) is 19.7. The Labute approximate surface area is 137 Å². The lowest BCUT2D eigenvalue weighted by molar-refractivity contribution is 0.451. The fraction of sp³-hybridized carbons (Fsp3) is 0.222. The molecule has 0 radical (unpaired) electrons. The first kappa shape index (κ1) is 13.4. The standard InChI is InChI=1S/C18H14N4O2/c1-10-7-13(10)18-21-20-16(23-18)12-8-14-15(11-5-3-2-4-6-11)22-24-17(14)19-9-12/h2-6,8-10,13H,7H2,1H3/t10-,13-/m0/s1. The lowest BCUT2D eigenvalue weighted by atomic mass is 10.1. The maximum absolute atomic E-state index is 5.82. The number of benzene rings is 1. The van der Waals surface area contributed by atoms with E-state index in [9.17, 15) is 0 Å². The second-order valence-electron chi connectivity index (χ2n) is 6.24. The SMILES string of the molecule is C[C@H]1C[C@@H]1c1nnc(-c2cnc3onc(-c4ccccc4)c3c2)o1. The van der Waals surface area contributed by atoms with Gasteiger partial charge in [0.05, 0.1) is 10.9 Å². The number of hydrogen-bond donors (Lipinski definition) is 0. The molecule has 0 aliphatic heterocycles. The van der Waals surface area contributed by atoms with Gasteiger partial charge in [0.25, 0.3) is 5.71 Å². The van der Waals surface area contributed by atoms with Gasteiger partial charge < -0.3 is 8.94 Å². The third-order valence-corrected chi connectivity index (χ3v) is 4.49. The molecule has 6 heteroatoms. The van der Waals surface area contributed by atoms with Crippen LogP contribution in [0.25, 0.3) is 33.8 Å². The Morgan fingerprint density at radius 2 is 1.92 bits per heavy atom. The van der Waals surface area contributed by atoms with E-state index in [2.05, 4.69) is 27.3 Å². The molecule has 0 bridgehead atoms. The van der Waals surface area contributed by atoms with Crippen LogP contribution in [0.4, 0.5) is 0 Å². The first-order valence-corrected chi connectivity index (χ1v) is 7.94. The summed E-state index contributed by atoms with van der Waals surface area (Å²) in [5, 5.41) is 13.3. The summed E-state index contributed by atoms with van der Waals surface area (Å²) in [6.07, 6.45) is 2.79. The molecular formula is C18H14N4O2.